The number of nitrogens with one attached hydrogen (secondary N) is 1. The molecule has 1 rings (SSSR count). The van der Waals surface area contributed by atoms with Gasteiger partial charge in [-0.15, -0.1) is 11.3 Å². The van der Waals surface area contributed by atoms with Gasteiger partial charge in [-0.2, -0.15) is 17.4 Å². The molecule has 0 spiro atoms. The van der Waals surface area contributed by atoms with Crippen LogP contribution >= 0.6 is 27.3 Å². The van der Waals surface area contributed by atoms with Gasteiger partial charge in [0.05, 0.1) is 3.79 Å². The second-order valence-corrected chi connectivity index (χ2v) is 8.00. The zero-order chi connectivity index (χ0) is 12.3. The first-order valence-corrected chi connectivity index (χ1v) is 7.84. The second kappa shape index (κ2) is 5.59. The Morgan fingerprint density at radius 3 is 2.56 bits per heavy atom. The van der Waals surface area contributed by atoms with Crippen LogP contribution < -0.4 is 4.72 Å². The van der Waals surface area contributed by atoms with E-state index < -0.39 is 10.2 Å². The van der Waals surface area contributed by atoms with E-state index in [1.165, 1.54) is 15.6 Å². The summed E-state index contributed by atoms with van der Waals surface area (Å²) in [7, 11) is -1.81. The molecule has 0 radical (unpaired) electrons. The van der Waals surface area contributed by atoms with E-state index in [0.717, 1.165) is 8.66 Å². The maximum Gasteiger partial charge on any atom is 0.279 e. The minimum absolute atomic E-state index is 0.0485. The molecule has 0 unspecified atom stereocenters. The average Bonchev–Trinajstić information content (AvgIpc) is 2.60. The van der Waals surface area contributed by atoms with E-state index >= 15 is 0 Å². The molecule has 0 aliphatic heterocycles. The van der Waals surface area contributed by atoms with Crippen LogP contribution in [0.3, 0.4) is 0 Å². The van der Waals surface area contributed by atoms with Crippen molar-refractivity contribution in [2.75, 3.05) is 7.05 Å². The van der Waals surface area contributed by atoms with Crippen molar-refractivity contribution in [2.24, 2.45) is 0 Å². The lowest BCUT2D eigenvalue weighted by atomic mass is 10.4. The van der Waals surface area contributed by atoms with Gasteiger partial charge in [0.15, 0.2) is 0 Å². The van der Waals surface area contributed by atoms with Crippen LogP contribution in [0.5, 0.6) is 0 Å². The highest BCUT2D eigenvalue weighted by Crippen LogP contribution is 2.22. The number of nitrogens with zero attached hydrogens (tertiary/aromatic N) is 1. The van der Waals surface area contributed by atoms with Crippen LogP contribution in [0.4, 0.5) is 0 Å². The third-order valence-corrected chi connectivity index (χ3v) is 5.48. The number of thiophene rings is 1. The normalized spacial score (nSPS) is 12.6. The quantitative estimate of drug-likeness (QED) is 0.901. The van der Waals surface area contributed by atoms with Gasteiger partial charge in [-0.25, -0.2) is 0 Å². The molecule has 1 aromatic heterocycles. The maximum atomic E-state index is 11.8. The molecule has 0 saturated carbocycles. The van der Waals surface area contributed by atoms with Crippen molar-refractivity contribution in [3.63, 3.8) is 0 Å². The Kier molecular flexibility index (Phi) is 4.93. The monoisotopic (exact) mass is 326 g/mol. The molecule has 1 heterocycles. The van der Waals surface area contributed by atoms with Gasteiger partial charge in [0, 0.05) is 24.5 Å². The molecule has 0 fully saturated rings. The van der Waals surface area contributed by atoms with Crippen LogP contribution in [-0.4, -0.2) is 25.8 Å². The SMILES string of the molecule is CC(C)N(C)S(=O)(=O)NCc1ccc(Br)s1. The Hall–Kier alpha value is 0.0500. The highest BCUT2D eigenvalue weighted by atomic mass is 79.9. The molecule has 0 aliphatic carbocycles. The Balaban J connectivity index is 2.61. The molecule has 0 amide bonds. The van der Waals surface area contributed by atoms with E-state index in [4.69, 9.17) is 0 Å². The topological polar surface area (TPSA) is 49.4 Å². The predicted octanol–water partition coefficient (Wildman–Crippen LogP) is 2.19. The molecule has 7 heteroatoms. The lowest BCUT2D eigenvalue weighted by molar-refractivity contribution is 0.402. The molecule has 0 aromatic carbocycles. The lowest BCUT2D eigenvalue weighted by Crippen LogP contribution is -2.41. The van der Waals surface area contributed by atoms with Crippen molar-refractivity contribution < 1.29 is 8.42 Å². The fourth-order valence-corrected chi connectivity index (χ4v) is 3.60. The van der Waals surface area contributed by atoms with Crippen molar-refractivity contribution in [2.45, 2.75) is 26.4 Å². The van der Waals surface area contributed by atoms with Gasteiger partial charge in [-0.05, 0) is 41.9 Å². The number of hydrogen-bond acceptors (Lipinski definition) is 3. The van der Waals surface area contributed by atoms with Crippen LogP contribution in [-0.2, 0) is 16.8 Å². The van der Waals surface area contributed by atoms with E-state index in [1.54, 1.807) is 7.05 Å². The zero-order valence-electron chi connectivity index (χ0n) is 9.40. The Bertz CT molecular complexity index is 442. The van der Waals surface area contributed by atoms with E-state index in [-0.39, 0.29) is 6.04 Å². The van der Waals surface area contributed by atoms with Gasteiger partial charge >= 0.3 is 0 Å². The highest BCUT2D eigenvalue weighted by Gasteiger charge is 2.19. The van der Waals surface area contributed by atoms with Crippen LogP contribution in [0.25, 0.3) is 0 Å². The molecule has 0 atom stereocenters. The molecule has 4 nitrogen and oxygen atoms in total. The first-order chi connectivity index (χ1) is 7.33. The summed E-state index contributed by atoms with van der Waals surface area (Å²) < 4.78 is 28.4. The summed E-state index contributed by atoms with van der Waals surface area (Å²) in [5.74, 6) is 0. The zero-order valence-corrected chi connectivity index (χ0v) is 12.6. The first kappa shape index (κ1) is 14.1. The van der Waals surface area contributed by atoms with Crippen molar-refractivity contribution >= 4 is 37.5 Å². The van der Waals surface area contributed by atoms with E-state index in [2.05, 4.69) is 20.7 Å². The standard InChI is InChI=1S/C9H15BrN2O2S2/c1-7(2)12(3)16(13,14)11-6-8-4-5-9(10)15-8/h4-5,7,11H,6H2,1-3H3. The highest BCUT2D eigenvalue weighted by molar-refractivity contribution is 9.11. The second-order valence-electron chi connectivity index (χ2n) is 3.64. The minimum atomic E-state index is -3.37. The van der Waals surface area contributed by atoms with Crippen molar-refractivity contribution in [1.82, 2.24) is 9.03 Å². The molecule has 0 saturated heterocycles. The first-order valence-electron chi connectivity index (χ1n) is 4.80. The molecule has 92 valence electrons. The number of rotatable bonds is 5. The van der Waals surface area contributed by atoms with Gasteiger partial charge in [0.25, 0.3) is 10.2 Å². The van der Waals surface area contributed by atoms with Crippen LogP contribution in [0, 0.1) is 0 Å². The third-order valence-electron chi connectivity index (χ3n) is 2.16. The molecule has 0 bridgehead atoms. The number of hydrogen-bond donors (Lipinski definition) is 1. The summed E-state index contributed by atoms with van der Waals surface area (Å²) in [5, 5.41) is 0. The summed E-state index contributed by atoms with van der Waals surface area (Å²) in [6.07, 6.45) is 0. The summed E-state index contributed by atoms with van der Waals surface area (Å²) in [6, 6.07) is 3.75. The smallest absolute Gasteiger partial charge is 0.197 e. The summed E-state index contributed by atoms with van der Waals surface area (Å²) >= 11 is 4.86. The summed E-state index contributed by atoms with van der Waals surface area (Å²) in [5.41, 5.74) is 0. The largest absolute Gasteiger partial charge is 0.279 e. The Labute approximate surface area is 109 Å². The molecule has 16 heavy (non-hydrogen) atoms. The molecular formula is C9H15BrN2O2S2. The summed E-state index contributed by atoms with van der Waals surface area (Å²) in [4.78, 5) is 0.979. The maximum absolute atomic E-state index is 11.8. The van der Waals surface area contributed by atoms with E-state index in [1.807, 2.05) is 26.0 Å². The van der Waals surface area contributed by atoms with E-state index in [0.29, 0.717) is 6.54 Å². The van der Waals surface area contributed by atoms with E-state index in [9.17, 15) is 8.42 Å². The van der Waals surface area contributed by atoms with Gasteiger partial charge in [-0.1, -0.05) is 0 Å². The minimum Gasteiger partial charge on any atom is -0.197 e. The number of halogens is 1. The average molecular weight is 327 g/mol. The Morgan fingerprint density at radius 2 is 2.12 bits per heavy atom. The van der Waals surface area contributed by atoms with Crippen molar-refractivity contribution in [3.8, 4) is 0 Å². The molecule has 1 aromatic rings. The van der Waals surface area contributed by atoms with Gasteiger partial charge in [-0.3, -0.25) is 0 Å². The van der Waals surface area contributed by atoms with Gasteiger partial charge < -0.3 is 0 Å². The summed E-state index contributed by atoms with van der Waals surface area (Å²) in [6.45, 7) is 4.00. The van der Waals surface area contributed by atoms with Crippen molar-refractivity contribution in [3.05, 3.63) is 20.8 Å². The van der Waals surface area contributed by atoms with Crippen LogP contribution in [0.1, 0.15) is 18.7 Å². The predicted molar refractivity (Wildman–Crippen MR) is 70.7 cm³/mol. The Morgan fingerprint density at radius 1 is 1.50 bits per heavy atom. The van der Waals surface area contributed by atoms with Crippen molar-refractivity contribution in [1.29, 1.82) is 0 Å². The van der Waals surface area contributed by atoms with Gasteiger partial charge in [0.2, 0.25) is 0 Å². The molecule has 1 N–H and O–H groups in total. The van der Waals surface area contributed by atoms with Crippen LogP contribution in [0.2, 0.25) is 0 Å². The van der Waals surface area contributed by atoms with Crippen LogP contribution in [0.15, 0.2) is 15.9 Å². The van der Waals surface area contributed by atoms with Gasteiger partial charge in [0.1, 0.15) is 0 Å². The molecule has 0 aliphatic rings. The fourth-order valence-electron chi connectivity index (χ4n) is 0.988. The lowest BCUT2D eigenvalue weighted by Gasteiger charge is -2.20. The molecular weight excluding hydrogens is 312 g/mol. The third kappa shape index (κ3) is 3.81. The fraction of sp³-hybridized carbons (Fsp3) is 0.556.